The number of carbonyl (C=O) groups is 1. The van der Waals surface area contributed by atoms with Gasteiger partial charge in [0.15, 0.2) is 17.8 Å². The van der Waals surface area contributed by atoms with Crippen molar-refractivity contribution < 1.29 is 28.5 Å². The van der Waals surface area contributed by atoms with Gasteiger partial charge in [-0.2, -0.15) is 0 Å². The summed E-state index contributed by atoms with van der Waals surface area (Å²) in [6.07, 6.45) is 0.402. The van der Waals surface area contributed by atoms with Crippen LogP contribution in [0.25, 0.3) is 11.1 Å². The van der Waals surface area contributed by atoms with E-state index in [0.29, 0.717) is 23.0 Å². The quantitative estimate of drug-likeness (QED) is 0.470. The lowest BCUT2D eigenvalue weighted by Crippen LogP contribution is -2.04. The lowest BCUT2D eigenvalue weighted by molar-refractivity contribution is 0.102. The number of rotatable bonds is 6. The number of hydrogen-bond donors (Lipinski definition) is 2. The highest BCUT2D eigenvalue weighted by molar-refractivity contribution is 5.90. The molecule has 0 aliphatic carbocycles. The molecule has 3 rings (SSSR count). The maximum atomic E-state index is 13.8. The van der Waals surface area contributed by atoms with Gasteiger partial charge in [0, 0.05) is 16.7 Å². The molecule has 3 aromatic carbocycles. The number of phenols is 2. The molecule has 0 aliphatic rings. The van der Waals surface area contributed by atoms with Crippen molar-refractivity contribution in [3.63, 3.8) is 0 Å². The summed E-state index contributed by atoms with van der Waals surface area (Å²) in [6, 6.07) is 11.8. The van der Waals surface area contributed by atoms with Gasteiger partial charge in [-0.1, -0.05) is 30.3 Å². The zero-order chi connectivity index (χ0) is 20.3. The van der Waals surface area contributed by atoms with E-state index in [0.717, 1.165) is 0 Å². The summed E-state index contributed by atoms with van der Waals surface area (Å²) in [7, 11) is 0. The molecule has 4 nitrogen and oxygen atoms in total. The Morgan fingerprint density at radius 1 is 1.00 bits per heavy atom. The van der Waals surface area contributed by atoms with Gasteiger partial charge in [-0.3, -0.25) is 4.79 Å². The summed E-state index contributed by atoms with van der Waals surface area (Å²) in [5.74, 6) is -1.94. The lowest BCUT2D eigenvalue weighted by atomic mass is 9.90. The van der Waals surface area contributed by atoms with Crippen LogP contribution in [-0.2, 0) is 18.0 Å². The summed E-state index contributed by atoms with van der Waals surface area (Å²) in [4.78, 5) is 11.6. The van der Waals surface area contributed by atoms with Crippen molar-refractivity contribution in [1.82, 2.24) is 0 Å². The molecular weight excluding hydrogens is 366 g/mol. The topological polar surface area (TPSA) is 66.8 Å². The first-order valence-electron chi connectivity index (χ1n) is 8.53. The van der Waals surface area contributed by atoms with E-state index in [1.165, 1.54) is 24.3 Å². The summed E-state index contributed by atoms with van der Waals surface area (Å²) in [6.45, 7) is 1.33. The average molecular weight is 384 g/mol. The molecule has 0 heterocycles. The number of halogens is 2. The molecular formula is C22H18F2O4. The molecule has 0 atom stereocenters. The Balaban J connectivity index is 2.05. The van der Waals surface area contributed by atoms with Crippen molar-refractivity contribution in [1.29, 1.82) is 0 Å². The normalized spacial score (nSPS) is 10.8. The minimum atomic E-state index is -0.572. The highest BCUT2D eigenvalue weighted by atomic mass is 19.1. The standard InChI is InChI=1S/C22H18F2O4/c1-13-20(14-6-4-7-16(23)9-14)18(17(10-25)22(27)21(13)26)12-28-11-15-5-2-3-8-19(15)24/h2-10,26-27H,11-12H2,1H3. The van der Waals surface area contributed by atoms with E-state index >= 15 is 0 Å². The van der Waals surface area contributed by atoms with Gasteiger partial charge in [-0.15, -0.1) is 0 Å². The number of phenolic OH excluding ortho intramolecular Hbond substituents is 2. The largest absolute Gasteiger partial charge is 0.504 e. The molecule has 2 N–H and O–H groups in total. The van der Waals surface area contributed by atoms with Crippen LogP contribution in [0.3, 0.4) is 0 Å². The van der Waals surface area contributed by atoms with Crippen LogP contribution in [0.5, 0.6) is 11.5 Å². The van der Waals surface area contributed by atoms with E-state index in [4.69, 9.17) is 4.74 Å². The predicted octanol–water partition coefficient (Wildman–Crippen LogP) is 4.88. The molecule has 0 saturated heterocycles. The number of hydrogen-bond acceptors (Lipinski definition) is 4. The first-order valence-corrected chi connectivity index (χ1v) is 8.53. The van der Waals surface area contributed by atoms with Gasteiger partial charge < -0.3 is 14.9 Å². The van der Waals surface area contributed by atoms with Crippen molar-refractivity contribution in [2.45, 2.75) is 20.1 Å². The molecule has 0 spiro atoms. The van der Waals surface area contributed by atoms with E-state index in [1.54, 1.807) is 31.2 Å². The maximum absolute atomic E-state index is 13.8. The van der Waals surface area contributed by atoms with Gasteiger partial charge in [0.2, 0.25) is 0 Å². The third kappa shape index (κ3) is 3.73. The van der Waals surface area contributed by atoms with Crippen LogP contribution in [0.15, 0.2) is 48.5 Å². The fraction of sp³-hybridized carbons (Fsp3) is 0.136. The first kappa shape index (κ1) is 19.5. The van der Waals surface area contributed by atoms with Crippen LogP contribution in [0.2, 0.25) is 0 Å². The van der Waals surface area contributed by atoms with Crippen molar-refractivity contribution >= 4 is 6.29 Å². The number of aromatic hydroxyl groups is 2. The number of carbonyl (C=O) groups excluding carboxylic acids is 1. The second-order valence-corrected chi connectivity index (χ2v) is 6.30. The van der Waals surface area contributed by atoms with Crippen molar-refractivity contribution in [2.24, 2.45) is 0 Å². The van der Waals surface area contributed by atoms with Gasteiger partial charge in [-0.25, -0.2) is 8.78 Å². The Morgan fingerprint density at radius 3 is 2.43 bits per heavy atom. The third-order valence-corrected chi connectivity index (χ3v) is 4.53. The van der Waals surface area contributed by atoms with Gasteiger partial charge >= 0.3 is 0 Å². The Bertz CT molecular complexity index is 1030. The minimum Gasteiger partial charge on any atom is -0.504 e. The zero-order valence-electron chi connectivity index (χ0n) is 15.1. The molecule has 0 aromatic heterocycles. The van der Waals surface area contributed by atoms with Crippen LogP contribution in [-0.4, -0.2) is 16.5 Å². The summed E-state index contributed by atoms with van der Waals surface area (Å²) >= 11 is 0. The second kappa shape index (κ2) is 8.19. The molecule has 0 amide bonds. The van der Waals surface area contributed by atoms with E-state index < -0.39 is 23.1 Å². The SMILES string of the molecule is Cc1c(O)c(O)c(C=O)c(COCc2ccccc2F)c1-c1cccc(F)c1. The third-order valence-electron chi connectivity index (χ3n) is 4.53. The first-order chi connectivity index (χ1) is 13.4. The lowest BCUT2D eigenvalue weighted by Gasteiger charge is -2.19. The van der Waals surface area contributed by atoms with Crippen LogP contribution in [0.1, 0.15) is 27.0 Å². The second-order valence-electron chi connectivity index (χ2n) is 6.30. The fourth-order valence-electron chi connectivity index (χ4n) is 3.12. The Labute approximate surface area is 160 Å². The Kier molecular flexibility index (Phi) is 5.70. The van der Waals surface area contributed by atoms with Crippen LogP contribution >= 0.6 is 0 Å². The van der Waals surface area contributed by atoms with Crippen LogP contribution < -0.4 is 0 Å². The van der Waals surface area contributed by atoms with Crippen LogP contribution in [0, 0.1) is 18.6 Å². The average Bonchev–Trinajstić information content (AvgIpc) is 2.68. The van der Waals surface area contributed by atoms with E-state index in [2.05, 4.69) is 0 Å². The molecule has 144 valence electrons. The molecule has 0 fully saturated rings. The molecule has 0 bridgehead atoms. The number of aldehydes is 1. The molecule has 6 heteroatoms. The minimum absolute atomic E-state index is 0.0613. The maximum Gasteiger partial charge on any atom is 0.168 e. The molecule has 3 aromatic rings. The summed E-state index contributed by atoms with van der Waals surface area (Å²) < 4.78 is 33.1. The van der Waals surface area contributed by atoms with Gasteiger partial charge in [0.05, 0.1) is 18.8 Å². The van der Waals surface area contributed by atoms with Crippen molar-refractivity contribution in [3.8, 4) is 22.6 Å². The number of benzene rings is 3. The number of ether oxygens (including phenoxy) is 1. The predicted molar refractivity (Wildman–Crippen MR) is 100 cm³/mol. The monoisotopic (exact) mass is 384 g/mol. The smallest absolute Gasteiger partial charge is 0.168 e. The van der Waals surface area contributed by atoms with Gasteiger partial charge in [-0.05, 0) is 36.2 Å². The van der Waals surface area contributed by atoms with Crippen molar-refractivity contribution in [3.05, 3.63) is 82.4 Å². The van der Waals surface area contributed by atoms with Crippen molar-refractivity contribution in [2.75, 3.05) is 0 Å². The fourth-order valence-corrected chi connectivity index (χ4v) is 3.12. The van der Waals surface area contributed by atoms with Gasteiger partial charge in [0.25, 0.3) is 0 Å². The van der Waals surface area contributed by atoms with E-state index in [9.17, 15) is 23.8 Å². The Hall–Kier alpha value is -3.25. The van der Waals surface area contributed by atoms with Crippen LogP contribution in [0.4, 0.5) is 8.78 Å². The molecule has 0 saturated carbocycles. The molecule has 28 heavy (non-hydrogen) atoms. The van der Waals surface area contributed by atoms with Gasteiger partial charge in [0.1, 0.15) is 11.6 Å². The molecule has 0 radical (unpaired) electrons. The molecule has 0 unspecified atom stereocenters. The summed E-state index contributed by atoms with van der Waals surface area (Å²) in [5, 5.41) is 20.4. The highest BCUT2D eigenvalue weighted by Gasteiger charge is 2.22. The van der Waals surface area contributed by atoms with E-state index in [-0.39, 0.29) is 29.9 Å². The van der Waals surface area contributed by atoms with E-state index in [1.807, 2.05) is 0 Å². The zero-order valence-corrected chi connectivity index (χ0v) is 15.1. The summed E-state index contributed by atoms with van der Waals surface area (Å²) in [5.41, 5.74) is 1.53. The Morgan fingerprint density at radius 2 is 1.75 bits per heavy atom. The highest BCUT2D eigenvalue weighted by Crippen LogP contribution is 2.42. The molecule has 0 aliphatic heterocycles.